The minimum absolute atomic E-state index is 0.0362. The standard InChI is InChI=1S/C12H16ClFN2O/c1-16(2)7-3-6-15-12(17)9-4-5-11(14)10(13)8-9/h4-5,8H,3,6-7H2,1-2H3,(H,15,17). The SMILES string of the molecule is CN(C)CCCNC(=O)c1ccc(F)c(Cl)c1. The van der Waals surface area contributed by atoms with Crippen LogP contribution >= 0.6 is 11.6 Å². The minimum atomic E-state index is -0.518. The first kappa shape index (κ1) is 13.9. The van der Waals surface area contributed by atoms with Gasteiger partial charge in [-0.25, -0.2) is 4.39 Å². The lowest BCUT2D eigenvalue weighted by Crippen LogP contribution is -2.27. The van der Waals surface area contributed by atoms with Gasteiger partial charge in [0.05, 0.1) is 5.02 Å². The number of halogens is 2. The molecule has 0 aliphatic heterocycles. The van der Waals surface area contributed by atoms with E-state index in [2.05, 4.69) is 5.32 Å². The van der Waals surface area contributed by atoms with Gasteiger partial charge >= 0.3 is 0 Å². The zero-order chi connectivity index (χ0) is 12.8. The maximum absolute atomic E-state index is 12.9. The number of hydrogen-bond donors (Lipinski definition) is 1. The van der Waals surface area contributed by atoms with E-state index < -0.39 is 5.82 Å². The number of hydrogen-bond acceptors (Lipinski definition) is 2. The molecule has 0 radical (unpaired) electrons. The molecule has 1 N–H and O–H groups in total. The predicted octanol–water partition coefficient (Wildman–Crippen LogP) is 2.16. The van der Waals surface area contributed by atoms with E-state index in [4.69, 9.17) is 11.6 Å². The van der Waals surface area contributed by atoms with E-state index in [9.17, 15) is 9.18 Å². The second-order valence-corrected chi connectivity index (χ2v) is 4.45. The molecular weight excluding hydrogens is 243 g/mol. The Bertz CT molecular complexity index is 396. The average Bonchev–Trinajstić information content (AvgIpc) is 2.27. The van der Waals surface area contributed by atoms with Crippen molar-refractivity contribution in [2.45, 2.75) is 6.42 Å². The summed E-state index contributed by atoms with van der Waals surface area (Å²) in [5.41, 5.74) is 0.376. The summed E-state index contributed by atoms with van der Waals surface area (Å²) in [6.45, 7) is 1.50. The highest BCUT2D eigenvalue weighted by molar-refractivity contribution is 6.31. The van der Waals surface area contributed by atoms with E-state index >= 15 is 0 Å². The summed E-state index contributed by atoms with van der Waals surface area (Å²) in [5, 5.41) is 2.72. The van der Waals surface area contributed by atoms with Crippen molar-refractivity contribution >= 4 is 17.5 Å². The third kappa shape index (κ3) is 4.71. The van der Waals surface area contributed by atoms with Crippen LogP contribution in [0.1, 0.15) is 16.8 Å². The molecule has 0 aliphatic carbocycles. The number of rotatable bonds is 5. The first-order chi connectivity index (χ1) is 8.00. The highest BCUT2D eigenvalue weighted by atomic mass is 35.5. The van der Waals surface area contributed by atoms with Crippen molar-refractivity contribution in [2.24, 2.45) is 0 Å². The zero-order valence-electron chi connectivity index (χ0n) is 9.96. The maximum Gasteiger partial charge on any atom is 0.251 e. The third-order valence-electron chi connectivity index (χ3n) is 2.25. The lowest BCUT2D eigenvalue weighted by atomic mass is 10.2. The van der Waals surface area contributed by atoms with Gasteiger partial charge < -0.3 is 10.2 Å². The molecule has 1 amide bonds. The normalized spacial score (nSPS) is 10.6. The molecule has 0 saturated carbocycles. The van der Waals surface area contributed by atoms with Crippen LogP contribution in [0.15, 0.2) is 18.2 Å². The smallest absolute Gasteiger partial charge is 0.251 e. The van der Waals surface area contributed by atoms with Crippen LogP contribution in [0.25, 0.3) is 0 Å². The lowest BCUT2D eigenvalue weighted by Gasteiger charge is -2.10. The fourth-order valence-corrected chi connectivity index (χ4v) is 1.52. The number of nitrogens with zero attached hydrogens (tertiary/aromatic N) is 1. The van der Waals surface area contributed by atoms with E-state index in [1.807, 2.05) is 19.0 Å². The molecule has 5 heteroatoms. The summed E-state index contributed by atoms with van der Waals surface area (Å²) in [6, 6.07) is 3.94. The van der Waals surface area contributed by atoms with Gasteiger partial charge in [0, 0.05) is 12.1 Å². The van der Waals surface area contributed by atoms with Crippen LogP contribution in [0.3, 0.4) is 0 Å². The van der Waals surface area contributed by atoms with Crippen LogP contribution in [0.4, 0.5) is 4.39 Å². The van der Waals surface area contributed by atoms with Crippen molar-refractivity contribution in [3.63, 3.8) is 0 Å². The second kappa shape index (κ2) is 6.57. The Morgan fingerprint density at radius 2 is 2.18 bits per heavy atom. The van der Waals surface area contributed by atoms with Crippen molar-refractivity contribution in [3.05, 3.63) is 34.6 Å². The molecule has 17 heavy (non-hydrogen) atoms. The predicted molar refractivity (Wildman–Crippen MR) is 66.9 cm³/mol. The highest BCUT2D eigenvalue weighted by Gasteiger charge is 2.07. The summed E-state index contributed by atoms with van der Waals surface area (Å²) in [7, 11) is 3.95. The topological polar surface area (TPSA) is 32.3 Å². The van der Waals surface area contributed by atoms with Gasteiger partial charge in [0.25, 0.3) is 5.91 Å². The molecule has 0 spiro atoms. The Kier molecular flexibility index (Phi) is 5.38. The molecule has 94 valence electrons. The summed E-state index contributed by atoms with van der Waals surface area (Å²) < 4.78 is 12.9. The van der Waals surface area contributed by atoms with Gasteiger partial charge in [0.15, 0.2) is 0 Å². The first-order valence-corrected chi connectivity index (χ1v) is 5.76. The number of carbonyl (C=O) groups excluding carboxylic acids is 1. The Hall–Kier alpha value is -1.13. The molecule has 0 bridgehead atoms. The van der Waals surface area contributed by atoms with Gasteiger partial charge in [0.2, 0.25) is 0 Å². The zero-order valence-corrected chi connectivity index (χ0v) is 10.7. The average molecular weight is 259 g/mol. The Labute approximate surface area is 106 Å². The summed E-state index contributed by atoms with van der Waals surface area (Å²) >= 11 is 5.60. The Morgan fingerprint density at radius 3 is 2.76 bits per heavy atom. The monoisotopic (exact) mass is 258 g/mol. The van der Waals surface area contributed by atoms with Gasteiger partial charge in [0.1, 0.15) is 5.82 Å². The third-order valence-corrected chi connectivity index (χ3v) is 2.54. The minimum Gasteiger partial charge on any atom is -0.352 e. The quantitative estimate of drug-likeness (QED) is 0.821. The summed E-state index contributed by atoms with van der Waals surface area (Å²) in [5.74, 6) is -0.749. The molecule has 0 aliphatic rings. The molecule has 1 aromatic rings. The fourth-order valence-electron chi connectivity index (χ4n) is 1.34. The van der Waals surface area contributed by atoms with Gasteiger partial charge in [-0.05, 0) is 45.3 Å². The van der Waals surface area contributed by atoms with Crippen molar-refractivity contribution in [3.8, 4) is 0 Å². The number of nitrogens with one attached hydrogen (secondary N) is 1. The molecule has 0 atom stereocenters. The molecule has 0 fully saturated rings. The van der Waals surface area contributed by atoms with Gasteiger partial charge in [-0.3, -0.25) is 4.79 Å². The lowest BCUT2D eigenvalue weighted by molar-refractivity contribution is 0.0952. The van der Waals surface area contributed by atoms with E-state index in [-0.39, 0.29) is 10.9 Å². The number of carbonyl (C=O) groups is 1. The molecule has 0 heterocycles. The van der Waals surface area contributed by atoms with Crippen LogP contribution < -0.4 is 5.32 Å². The Balaban J connectivity index is 2.44. The van der Waals surface area contributed by atoms with E-state index in [1.165, 1.54) is 18.2 Å². The van der Waals surface area contributed by atoms with Crippen molar-refractivity contribution < 1.29 is 9.18 Å². The molecule has 0 aromatic heterocycles. The van der Waals surface area contributed by atoms with Crippen molar-refractivity contribution in [1.82, 2.24) is 10.2 Å². The largest absolute Gasteiger partial charge is 0.352 e. The molecule has 1 rings (SSSR count). The van der Waals surface area contributed by atoms with Crippen molar-refractivity contribution in [2.75, 3.05) is 27.2 Å². The van der Waals surface area contributed by atoms with E-state index in [0.717, 1.165) is 13.0 Å². The Morgan fingerprint density at radius 1 is 1.47 bits per heavy atom. The molecule has 0 unspecified atom stereocenters. The molecular formula is C12H16ClFN2O. The van der Waals surface area contributed by atoms with Crippen LogP contribution in [-0.2, 0) is 0 Å². The van der Waals surface area contributed by atoms with E-state index in [0.29, 0.717) is 12.1 Å². The second-order valence-electron chi connectivity index (χ2n) is 4.04. The number of benzene rings is 1. The van der Waals surface area contributed by atoms with Crippen LogP contribution in [0.5, 0.6) is 0 Å². The molecule has 1 aromatic carbocycles. The molecule has 0 saturated heterocycles. The summed E-state index contributed by atoms with van der Waals surface area (Å²) in [4.78, 5) is 13.7. The van der Waals surface area contributed by atoms with Gasteiger partial charge in [-0.2, -0.15) is 0 Å². The van der Waals surface area contributed by atoms with Gasteiger partial charge in [-0.15, -0.1) is 0 Å². The number of amides is 1. The van der Waals surface area contributed by atoms with E-state index in [1.54, 1.807) is 0 Å². The highest BCUT2D eigenvalue weighted by Crippen LogP contribution is 2.15. The summed E-state index contributed by atoms with van der Waals surface area (Å²) in [6.07, 6.45) is 0.869. The fraction of sp³-hybridized carbons (Fsp3) is 0.417. The molecule has 3 nitrogen and oxygen atoms in total. The van der Waals surface area contributed by atoms with Gasteiger partial charge in [-0.1, -0.05) is 11.6 Å². The van der Waals surface area contributed by atoms with Crippen LogP contribution in [0, 0.1) is 5.82 Å². The van der Waals surface area contributed by atoms with Crippen molar-refractivity contribution in [1.29, 1.82) is 0 Å². The first-order valence-electron chi connectivity index (χ1n) is 5.38. The van der Waals surface area contributed by atoms with Crippen LogP contribution in [0.2, 0.25) is 5.02 Å². The van der Waals surface area contributed by atoms with Crippen LogP contribution in [-0.4, -0.2) is 38.0 Å². The maximum atomic E-state index is 12.9.